The lowest BCUT2D eigenvalue weighted by Gasteiger charge is -2.23. The number of hydrogen-bond acceptors (Lipinski definition) is 2. The number of rotatable bonds is 4. The van der Waals surface area contributed by atoms with Crippen molar-refractivity contribution in [2.75, 3.05) is 6.61 Å². The Morgan fingerprint density at radius 2 is 1.81 bits per heavy atom. The summed E-state index contributed by atoms with van der Waals surface area (Å²) in [7, 11) is 0. The third kappa shape index (κ3) is 3.35. The molecule has 0 amide bonds. The second-order valence-corrected chi connectivity index (χ2v) is 4.60. The van der Waals surface area contributed by atoms with Crippen LogP contribution in [0.5, 0.6) is 0 Å². The highest BCUT2D eigenvalue weighted by Gasteiger charge is 2.25. The normalized spacial score (nSPS) is 18.4. The van der Waals surface area contributed by atoms with Gasteiger partial charge >= 0.3 is 0 Å². The number of halogens is 4. The topological polar surface area (TPSA) is 18.5 Å². The van der Waals surface area contributed by atoms with Crippen LogP contribution in [0, 0.1) is 23.3 Å². The van der Waals surface area contributed by atoms with Crippen LogP contribution in [0.2, 0.25) is 0 Å². The van der Waals surface area contributed by atoms with Crippen molar-refractivity contribution in [3.8, 4) is 0 Å². The van der Waals surface area contributed by atoms with E-state index in [2.05, 4.69) is 12.3 Å². The van der Waals surface area contributed by atoms with E-state index in [9.17, 15) is 17.6 Å². The molecule has 2 nitrogen and oxygen atoms in total. The molecule has 1 aliphatic rings. The van der Waals surface area contributed by atoms with Gasteiger partial charge < -0.3 is 9.47 Å². The first-order valence-corrected chi connectivity index (χ1v) is 6.50. The number of benzene rings is 1. The van der Waals surface area contributed by atoms with Crippen molar-refractivity contribution < 1.29 is 27.0 Å². The zero-order chi connectivity index (χ0) is 15.4. The van der Waals surface area contributed by atoms with Crippen molar-refractivity contribution >= 4 is 6.08 Å². The van der Waals surface area contributed by atoms with Gasteiger partial charge in [0.1, 0.15) is 0 Å². The molecule has 1 unspecified atom stereocenters. The van der Waals surface area contributed by atoms with Gasteiger partial charge in [-0.05, 0) is 25.3 Å². The van der Waals surface area contributed by atoms with Gasteiger partial charge in [-0.15, -0.1) is 5.73 Å². The minimum absolute atomic E-state index is 0.488. The molecule has 21 heavy (non-hydrogen) atoms. The summed E-state index contributed by atoms with van der Waals surface area (Å²) in [6.45, 7) is 3.00. The van der Waals surface area contributed by atoms with Crippen LogP contribution < -0.4 is 0 Å². The molecule has 1 aromatic carbocycles. The lowest BCUT2D eigenvalue weighted by atomic mass is 10.1. The lowest BCUT2D eigenvalue weighted by molar-refractivity contribution is -0.169. The Kier molecular flexibility index (Phi) is 5.17. The highest BCUT2D eigenvalue weighted by atomic mass is 19.2. The molecule has 1 aromatic rings. The van der Waals surface area contributed by atoms with Crippen LogP contribution in [0.25, 0.3) is 6.08 Å². The van der Waals surface area contributed by atoms with E-state index in [-0.39, 0.29) is 0 Å². The van der Waals surface area contributed by atoms with E-state index < -0.39 is 47.3 Å². The van der Waals surface area contributed by atoms with Crippen molar-refractivity contribution in [2.45, 2.75) is 32.2 Å². The maximum absolute atomic E-state index is 13.8. The molecule has 1 aliphatic heterocycles. The molecule has 1 saturated heterocycles. The van der Waals surface area contributed by atoms with E-state index in [0.29, 0.717) is 13.0 Å². The van der Waals surface area contributed by atoms with Gasteiger partial charge in [-0.3, -0.25) is 0 Å². The number of ether oxygens (including phenoxy) is 2. The highest BCUT2D eigenvalue weighted by Crippen LogP contribution is 2.26. The lowest BCUT2D eigenvalue weighted by Crippen LogP contribution is -2.23. The molecular formula is C15H14F4O2. The van der Waals surface area contributed by atoms with Crippen molar-refractivity contribution in [3.63, 3.8) is 0 Å². The molecule has 0 aromatic heterocycles. The predicted octanol–water partition coefficient (Wildman–Crippen LogP) is 4.08. The van der Waals surface area contributed by atoms with Gasteiger partial charge in [0.25, 0.3) is 0 Å². The molecule has 0 aliphatic carbocycles. The average Bonchev–Trinajstić information content (AvgIpc) is 2.51. The monoisotopic (exact) mass is 302 g/mol. The summed E-state index contributed by atoms with van der Waals surface area (Å²) in [6.07, 6.45) is 2.45. The van der Waals surface area contributed by atoms with Crippen LogP contribution in [-0.2, 0) is 16.1 Å². The first-order valence-electron chi connectivity index (χ1n) is 6.50. The van der Waals surface area contributed by atoms with Crippen LogP contribution in [0.15, 0.2) is 12.3 Å². The second kappa shape index (κ2) is 6.89. The fourth-order valence-corrected chi connectivity index (χ4v) is 2.07. The first-order chi connectivity index (χ1) is 10.1. The molecule has 1 atom stereocenters. The van der Waals surface area contributed by atoms with Crippen LogP contribution in [-0.4, -0.2) is 12.9 Å². The summed E-state index contributed by atoms with van der Waals surface area (Å²) in [5, 5.41) is 0. The Morgan fingerprint density at radius 3 is 2.33 bits per heavy atom. The van der Waals surface area contributed by atoms with Gasteiger partial charge in [-0.25, -0.2) is 17.6 Å². The summed E-state index contributed by atoms with van der Waals surface area (Å²) in [5.41, 5.74) is 0.443. The molecule has 1 heterocycles. The third-order valence-corrected chi connectivity index (χ3v) is 3.19. The maximum Gasteiger partial charge on any atom is 0.170 e. The zero-order valence-corrected chi connectivity index (χ0v) is 11.2. The Balaban J connectivity index is 2.25. The molecular weight excluding hydrogens is 288 g/mol. The molecule has 0 saturated carbocycles. The van der Waals surface area contributed by atoms with E-state index >= 15 is 0 Å². The molecule has 0 bridgehead atoms. The molecule has 114 valence electrons. The SMILES string of the molecule is C=C=Cc1c(F)c(F)c(COC2CCCCO2)c(F)c1F. The van der Waals surface area contributed by atoms with Crippen molar-refractivity contribution in [3.05, 3.63) is 46.7 Å². The van der Waals surface area contributed by atoms with Crippen LogP contribution in [0.1, 0.15) is 30.4 Å². The van der Waals surface area contributed by atoms with Crippen molar-refractivity contribution in [1.29, 1.82) is 0 Å². The van der Waals surface area contributed by atoms with Gasteiger partial charge in [0.05, 0.1) is 17.7 Å². The summed E-state index contributed by atoms with van der Waals surface area (Å²) >= 11 is 0. The fourth-order valence-electron chi connectivity index (χ4n) is 2.07. The third-order valence-electron chi connectivity index (χ3n) is 3.19. The number of hydrogen-bond donors (Lipinski definition) is 0. The fraction of sp³-hybridized carbons (Fsp3) is 0.400. The first kappa shape index (κ1) is 15.8. The standard InChI is InChI=1S/C15H14F4O2/c1-2-5-9-12(16)14(18)10(15(19)13(9)17)8-21-11-6-3-4-7-20-11/h5,11H,1,3-4,6-8H2. The van der Waals surface area contributed by atoms with Crippen LogP contribution in [0.3, 0.4) is 0 Å². The Morgan fingerprint density at radius 1 is 1.14 bits per heavy atom. The minimum Gasteiger partial charge on any atom is -0.353 e. The summed E-state index contributed by atoms with van der Waals surface area (Å²) in [5.74, 6) is -5.95. The van der Waals surface area contributed by atoms with Gasteiger partial charge in [0, 0.05) is 6.61 Å². The van der Waals surface area contributed by atoms with Crippen molar-refractivity contribution in [2.24, 2.45) is 0 Å². The van der Waals surface area contributed by atoms with Crippen LogP contribution >= 0.6 is 0 Å². The second-order valence-electron chi connectivity index (χ2n) is 4.60. The summed E-state index contributed by atoms with van der Waals surface area (Å²) in [6, 6.07) is 0. The average molecular weight is 302 g/mol. The minimum atomic E-state index is -1.49. The molecule has 2 rings (SSSR count). The van der Waals surface area contributed by atoms with Crippen molar-refractivity contribution in [1.82, 2.24) is 0 Å². The quantitative estimate of drug-likeness (QED) is 0.474. The van der Waals surface area contributed by atoms with E-state index in [1.165, 1.54) is 0 Å². The Bertz CT molecular complexity index is 545. The molecule has 6 heteroatoms. The molecule has 1 fully saturated rings. The van der Waals surface area contributed by atoms with Gasteiger partial charge in [-0.2, -0.15) is 0 Å². The highest BCUT2D eigenvalue weighted by molar-refractivity contribution is 5.51. The Hall–Kier alpha value is -1.62. The van der Waals surface area contributed by atoms with Gasteiger partial charge in [-0.1, -0.05) is 6.58 Å². The molecule has 0 spiro atoms. The largest absolute Gasteiger partial charge is 0.353 e. The molecule has 0 N–H and O–H groups in total. The summed E-state index contributed by atoms with van der Waals surface area (Å²) < 4.78 is 65.4. The molecule has 0 radical (unpaired) electrons. The van der Waals surface area contributed by atoms with E-state index in [1.54, 1.807) is 0 Å². The van der Waals surface area contributed by atoms with Gasteiger partial charge in [0.15, 0.2) is 29.6 Å². The van der Waals surface area contributed by atoms with E-state index in [0.717, 1.165) is 18.9 Å². The van der Waals surface area contributed by atoms with Crippen LogP contribution in [0.4, 0.5) is 17.6 Å². The maximum atomic E-state index is 13.8. The van der Waals surface area contributed by atoms with E-state index in [1.807, 2.05) is 0 Å². The van der Waals surface area contributed by atoms with Gasteiger partial charge in [0.2, 0.25) is 0 Å². The summed E-state index contributed by atoms with van der Waals surface area (Å²) in [4.78, 5) is 0. The smallest absolute Gasteiger partial charge is 0.170 e. The zero-order valence-electron chi connectivity index (χ0n) is 11.2. The van der Waals surface area contributed by atoms with E-state index in [4.69, 9.17) is 9.47 Å². The Labute approximate surface area is 119 Å². The predicted molar refractivity (Wildman–Crippen MR) is 68.3 cm³/mol.